The summed E-state index contributed by atoms with van der Waals surface area (Å²) in [6.07, 6.45) is -7.98. The summed E-state index contributed by atoms with van der Waals surface area (Å²) in [7, 11) is 0. The summed E-state index contributed by atoms with van der Waals surface area (Å²) >= 11 is 0. The van der Waals surface area contributed by atoms with Crippen molar-refractivity contribution in [2.75, 3.05) is 19.6 Å². The van der Waals surface area contributed by atoms with E-state index in [1.54, 1.807) is 11.0 Å². The summed E-state index contributed by atoms with van der Waals surface area (Å²) in [5, 5.41) is 0. The molecule has 0 N–H and O–H groups in total. The normalized spacial score (nSPS) is 22.2. The molecular formula is C22H21F6N3O2. The predicted molar refractivity (Wildman–Crippen MR) is 105 cm³/mol. The van der Waals surface area contributed by atoms with Gasteiger partial charge in [0.2, 0.25) is 11.8 Å². The minimum absolute atomic E-state index is 0.0407. The number of alkyl halides is 6. The summed E-state index contributed by atoms with van der Waals surface area (Å²) in [6.45, 7) is 1.44. The summed E-state index contributed by atoms with van der Waals surface area (Å²) in [5.74, 6) is -0.0445. The van der Waals surface area contributed by atoms with Gasteiger partial charge in [0, 0.05) is 50.8 Å². The number of nitrogens with zero attached hydrogens (tertiary/aromatic N) is 3. The highest BCUT2D eigenvalue weighted by atomic mass is 19.4. The molecule has 1 amide bonds. The Morgan fingerprint density at radius 2 is 1.76 bits per heavy atom. The Morgan fingerprint density at radius 1 is 1.00 bits per heavy atom. The number of rotatable bonds is 4. The Morgan fingerprint density at radius 3 is 2.42 bits per heavy atom. The number of hydrogen-bond donors (Lipinski definition) is 0. The van der Waals surface area contributed by atoms with Crippen LogP contribution >= 0.6 is 0 Å². The molecule has 1 aromatic carbocycles. The van der Waals surface area contributed by atoms with Crippen molar-refractivity contribution in [1.29, 1.82) is 0 Å². The molecule has 2 fully saturated rings. The van der Waals surface area contributed by atoms with Gasteiger partial charge in [-0.1, -0.05) is 18.2 Å². The molecule has 33 heavy (non-hydrogen) atoms. The third-order valence-corrected chi connectivity index (χ3v) is 5.82. The van der Waals surface area contributed by atoms with Crippen molar-refractivity contribution in [1.82, 2.24) is 14.8 Å². The molecule has 0 aliphatic carbocycles. The Labute approximate surface area is 185 Å². The molecule has 3 heterocycles. The van der Waals surface area contributed by atoms with Crippen LogP contribution in [0, 0.1) is 0 Å². The maximum atomic E-state index is 13.0. The van der Waals surface area contributed by atoms with Crippen molar-refractivity contribution in [3.05, 3.63) is 59.3 Å². The Kier molecular flexibility index (Phi) is 6.26. The molecule has 11 heteroatoms. The van der Waals surface area contributed by atoms with Gasteiger partial charge in [0.1, 0.15) is 6.10 Å². The van der Waals surface area contributed by atoms with Crippen LogP contribution in [0.4, 0.5) is 26.3 Å². The Hall–Kier alpha value is -2.82. The third kappa shape index (κ3) is 5.58. The fraction of sp³-hybridized carbons (Fsp3) is 0.455. The molecule has 5 nitrogen and oxygen atoms in total. The van der Waals surface area contributed by atoms with E-state index >= 15 is 0 Å². The van der Waals surface area contributed by atoms with Crippen LogP contribution in [0.3, 0.4) is 0 Å². The fourth-order valence-electron chi connectivity index (χ4n) is 4.26. The van der Waals surface area contributed by atoms with Crippen molar-refractivity contribution in [2.24, 2.45) is 0 Å². The quantitative estimate of drug-likeness (QED) is 0.619. The summed E-state index contributed by atoms with van der Waals surface area (Å²) in [5.41, 5.74) is -1.09. The van der Waals surface area contributed by atoms with E-state index in [-0.39, 0.29) is 37.3 Å². The van der Waals surface area contributed by atoms with Crippen molar-refractivity contribution >= 4 is 5.91 Å². The number of aromatic nitrogens is 1. The number of pyridine rings is 1. The van der Waals surface area contributed by atoms with E-state index in [0.29, 0.717) is 31.3 Å². The molecule has 0 radical (unpaired) electrons. The maximum Gasteiger partial charge on any atom is 0.417 e. The van der Waals surface area contributed by atoms with E-state index < -0.39 is 29.6 Å². The second-order valence-electron chi connectivity index (χ2n) is 8.24. The lowest BCUT2D eigenvalue weighted by atomic mass is 10.1. The monoisotopic (exact) mass is 473 g/mol. The van der Waals surface area contributed by atoms with Gasteiger partial charge in [-0.2, -0.15) is 26.3 Å². The van der Waals surface area contributed by atoms with Gasteiger partial charge in [-0.25, -0.2) is 4.98 Å². The number of carbonyl (C=O) groups excluding carboxylic acids is 1. The molecule has 2 saturated heterocycles. The van der Waals surface area contributed by atoms with Gasteiger partial charge < -0.3 is 9.64 Å². The van der Waals surface area contributed by atoms with E-state index in [0.717, 1.165) is 24.3 Å². The molecule has 0 spiro atoms. The highest BCUT2D eigenvalue weighted by Crippen LogP contribution is 2.32. The van der Waals surface area contributed by atoms with E-state index in [1.807, 2.05) is 4.90 Å². The van der Waals surface area contributed by atoms with Gasteiger partial charge in [-0.05, 0) is 17.7 Å². The van der Waals surface area contributed by atoms with E-state index in [1.165, 1.54) is 6.07 Å². The largest absolute Gasteiger partial charge is 0.472 e. The zero-order valence-electron chi connectivity index (χ0n) is 17.4. The fourth-order valence-corrected chi connectivity index (χ4v) is 4.26. The lowest BCUT2D eigenvalue weighted by Crippen LogP contribution is -2.38. The van der Waals surface area contributed by atoms with Crippen LogP contribution in [-0.4, -0.2) is 52.5 Å². The smallest absolute Gasteiger partial charge is 0.417 e. The van der Waals surface area contributed by atoms with Crippen LogP contribution in [0.2, 0.25) is 0 Å². The summed E-state index contributed by atoms with van der Waals surface area (Å²) in [4.78, 5) is 19.9. The van der Waals surface area contributed by atoms with E-state index in [4.69, 9.17) is 4.74 Å². The van der Waals surface area contributed by atoms with E-state index in [2.05, 4.69) is 4.98 Å². The number of fused-ring (bicyclic) bond motifs is 1. The van der Waals surface area contributed by atoms with Crippen molar-refractivity contribution < 1.29 is 35.9 Å². The molecule has 2 atom stereocenters. The molecular weight excluding hydrogens is 452 g/mol. The molecule has 178 valence electrons. The first-order valence-electron chi connectivity index (χ1n) is 10.4. The second kappa shape index (κ2) is 8.85. The van der Waals surface area contributed by atoms with Crippen LogP contribution in [-0.2, 0) is 23.7 Å². The zero-order chi connectivity index (χ0) is 23.8. The summed E-state index contributed by atoms with van der Waals surface area (Å²) < 4.78 is 82.8. The molecule has 4 rings (SSSR count). The highest BCUT2D eigenvalue weighted by Gasteiger charge is 2.39. The molecule has 0 unspecified atom stereocenters. The van der Waals surface area contributed by atoms with Crippen LogP contribution in [0.5, 0.6) is 5.88 Å². The maximum absolute atomic E-state index is 13.0. The molecule has 2 aliphatic rings. The SMILES string of the molecule is O=C1CCN(Cc2cccc(C(F)(F)F)c2)C[C@@H]2C[C@H](Oc3ccc(C(F)(F)F)cn3)CN12. The molecule has 0 saturated carbocycles. The minimum atomic E-state index is -4.49. The lowest BCUT2D eigenvalue weighted by molar-refractivity contribution is -0.138. The number of ether oxygens (including phenoxy) is 1. The van der Waals surface area contributed by atoms with Gasteiger partial charge in [0.05, 0.1) is 17.7 Å². The number of halogens is 6. The predicted octanol–water partition coefficient (Wildman–Crippen LogP) is 4.37. The highest BCUT2D eigenvalue weighted by molar-refractivity contribution is 5.77. The van der Waals surface area contributed by atoms with Crippen LogP contribution in [0.15, 0.2) is 42.6 Å². The molecule has 2 aromatic rings. The van der Waals surface area contributed by atoms with Gasteiger partial charge in [0.25, 0.3) is 0 Å². The summed E-state index contributed by atoms with van der Waals surface area (Å²) in [6, 6.07) is 6.95. The Bertz CT molecular complexity index is 993. The topological polar surface area (TPSA) is 45.7 Å². The first kappa shape index (κ1) is 23.3. The van der Waals surface area contributed by atoms with Gasteiger partial charge >= 0.3 is 12.4 Å². The van der Waals surface area contributed by atoms with Crippen molar-refractivity contribution in [3.63, 3.8) is 0 Å². The number of amides is 1. The lowest BCUT2D eigenvalue weighted by Gasteiger charge is -2.25. The molecule has 1 aromatic heterocycles. The number of hydrogen-bond acceptors (Lipinski definition) is 4. The second-order valence-corrected chi connectivity index (χ2v) is 8.24. The average molecular weight is 473 g/mol. The first-order chi connectivity index (χ1) is 15.5. The van der Waals surface area contributed by atoms with Crippen LogP contribution in [0.1, 0.15) is 29.5 Å². The third-order valence-electron chi connectivity index (χ3n) is 5.82. The van der Waals surface area contributed by atoms with Gasteiger partial charge in [0.15, 0.2) is 0 Å². The van der Waals surface area contributed by atoms with Crippen LogP contribution in [0.25, 0.3) is 0 Å². The van der Waals surface area contributed by atoms with Gasteiger partial charge in [-0.3, -0.25) is 9.69 Å². The molecule has 0 bridgehead atoms. The average Bonchev–Trinajstić information content (AvgIpc) is 3.07. The Balaban J connectivity index is 1.40. The van der Waals surface area contributed by atoms with Gasteiger partial charge in [-0.15, -0.1) is 0 Å². The van der Waals surface area contributed by atoms with Crippen LogP contribution < -0.4 is 4.74 Å². The standard InChI is InChI=1S/C22H21F6N3O2/c23-21(24,25)15-3-1-2-14(8-15)11-30-7-6-20(32)31-13-18(9-17(31)12-30)33-19-5-4-16(10-29-19)22(26,27)28/h1-5,8,10,17-18H,6-7,9,11-13H2/t17-,18-/m0/s1. The number of carbonyl (C=O) groups is 1. The van der Waals surface area contributed by atoms with E-state index in [9.17, 15) is 31.1 Å². The van der Waals surface area contributed by atoms with Crippen molar-refractivity contribution in [3.8, 4) is 5.88 Å². The minimum Gasteiger partial charge on any atom is -0.472 e. The van der Waals surface area contributed by atoms with Crippen molar-refractivity contribution in [2.45, 2.75) is 43.9 Å². The zero-order valence-corrected chi connectivity index (χ0v) is 17.4. The molecule has 2 aliphatic heterocycles. The first-order valence-corrected chi connectivity index (χ1v) is 10.4. The number of benzene rings is 1.